The average molecular weight is 263 g/mol. The number of carbonyl (C=O) groups is 2. The summed E-state index contributed by atoms with van der Waals surface area (Å²) in [5.74, 6) is -1.58. The van der Waals surface area contributed by atoms with E-state index in [0.717, 1.165) is 5.56 Å². The number of carboxylic acids is 1. The molecule has 1 amide bonds. The quantitative estimate of drug-likeness (QED) is 0.888. The highest BCUT2D eigenvalue weighted by molar-refractivity contribution is 5.94. The number of rotatable bonds is 5. The lowest BCUT2D eigenvalue weighted by Crippen LogP contribution is -2.41. The van der Waals surface area contributed by atoms with Crippen molar-refractivity contribution >= 4 is 11.9 Å². The highest BCUT2D eigenvalue weighted by atomic mass is 16.4. The van der Waals surface area contributed by atoms with E-state index < -0.39 is 11.9 Å². The smallest absolute Gasteiger partial charge is 0.308 e. The Hall–Kier alpha value is -1.84. The summed E-state index contributed by atoms with van der Waals surface area (Å²) in [6.07, 6.45) is 0. The van der Waals surface area contributed by atoms with E-state index in [-0.39, 0.29) is 18.5 Å². The summed E-state index contributed by atoms with van der Waals surface area (Å²) >= 11 is 0. The third-order valence-electron chi connectivity index (χ3n) is 3.07. The third kappa shape index (κ3) is 4.09. The van der Waals surface area contributed by atoms with E-state index in [1.54, 1.807) is 24.0 Å². The second kappa shape index (κ2) is 6.36. The van der Waals surface area contributed by atoms with E-state index in [1.807, 2.05) is 32.9 Å². The SMILES string of the molecule is Cc1ccc(C(=O)N(CC(C)C(=O)O)C(C)C)cc1. The van der Waals surface area contributed by atoms with Gasteiger partial charge in [0.25, 0.3) is 5.91 Å². The maximum Gasteiger partial charge on any atom is 0.308 e. The summed E-state index contributed by atoms with van der Waals surface area (Å²) in [5.41, 5.74) is 1.68. The summed E-state index contributed by atoms with van der Waals surface area (Å²) < 4.78 is 0. The van der Waals surface area contributed by atoms with Crippen LogP contribution in [0.5, 0.6) is 0 Å². The Kier molecular flexibility index (Phi) is 5.10. The van der Waals surface area contributed by atoms with Gasteiger partial charge < -0.3 is 10.0 Å². The lowest BCUT2D eigenvalue weighted by atomic mass is 10.1. The van der Waals surface area contributed by atoms with Gasteiger partial charge in [0, 0.05) is 18.2 Å². The summed E-state index contributed by atoms with van der Waals surface area (Å²) in [7, 11) is 0. The van der Waals surface area contributed by atoms with E-state index in [4.69, 9.17) is 5.11 Å². The number of carbonyl (C=O) groups excluding carboxylic acids is 1. The molecule has 1 unspecified atom stereocenters. The molecule has 4 nitrogen and oxygen atoms in total. The molecule has 0 heterocycles. The molecule has 4 heteroatoms. The first-order valence-electron chi connectivity index (χ1n) is 6.43. The van der Waals surface area contributed by atoms with Crippen LogP contribution in [0.3, 0.4) is 0 Å². The van der Waals surface area contributed by atoms with Crippen LogP contribution >= 0.6 is 0 Å². The molecule has 19 heavy (non-hydrogen) atoms. The lowest BCUT2D eigenvalue weighted by molar-refractivity contribution is -0.141. The van der Waals surface area contributed by atoms with Gasteiger partial charge in [-0.05, 0) is 32.9 Å². The van der Waals surface area contributed by atoms with Crippen LogP contribution in [0.25, 0.3) is 0 Å². The Bertz CT molecular complexity index is 451. The molecular formula is C15H21NO3. The Morgan fingerprint density at radius 3 is 2.11 bits per heavy atom. The largest absolute Gasteiger partial charge is 0.481 e. The summed E-state index contributed by atoms with van der Waals surface area (Å²) in [6, 6.07) is 7.28. The van der Waals surface area contributed by atoms with Gasteiger partial charge in [0.2, 0.25) is 0 Å². The third-order valence-corrected chi connectivity index (χ3v) is 3.07. The number of hydrogen-bond donors (Lipinski definition) is 1. The van der Waals surface area contributed by atoms with Crippen LogP contribution < -0.4 is 0 Å². The summed E-state index contributed by atoms with van der Waals surface area (Å²) in [6.45, 7) is 7.57. The van der Waals surface area contributed by atoms with Crippen molar-refractivity contribution < 1.29 is 14.7 Å². The van der Waals surface area contributed by atoms with Crippen molar-refractivity contribution in [3.63, 3.8) is 0 Å². The molecule has 0 aliphatic carbocycles. The minimum Gasteiger partial charge on any atom is -0.481 e. The fourth-order valence-electron chi connectivity index (χ4n) is 1.76. The van der Waals surface area contributed by atoms with Crippen LogP contribution in [0.15, 0.2) is 24.3 Å². The van der Waals surface area contributed by atoms with Crippen molar-refractivity contribution in [3.8, 4) is 0 Å². The number of aliphatic carboxylic acids is 1. The van der Waals surface area contributed by atoms with Crippen LogP contribution in [0, 0.1) is 12.8 Å². The zero-order chi connectivity index (χ0) is 14.6. The number of amides is 1. The molecule has 0 saturated heterocycles. The van der Waals surface area contributed by atoms with Crippen LogP contribution in [0.2, 0.25) is 0 Å². The molecule has 0 aliphatic heterocycles. The lowest BCUT2D eigenvalue weighted by Gasteiger charge is -2.28. The predicted molar refractivity (Wildman–Crippen MR) is 74.2 cm³/mol. The first-order valence-corrected chi connectivity index (χ1v) is 6.43. The van der Waals surface area contributed by atoms with E-state index in [2.05, 4.69) is 0 Å². The van der Waals surface area contributed by atoms with Crippen LogP contribution in [-0.4, -0.2) is 34.5 Å². The standard InChI is InChI=1S/C15H21NO3/c1-10(2)16(9-12(4)15(18)19)14(17)13-7-5-11(3)6-8-13/h5-8,10,12H,9H2,1-4H3,(H,18,19). The van der Waals surface area contributed by atoms with E-state index in [1.165, 1.54) is 0 Å². The minimum absolute atomic E-state index is 0.0318. The molecule has 0 bridgehead atoms. The van der Waals surface area contributed by atoms with E-state index in [0.29, 0.717) is 5.56 Å². The highest BCUT2D eigenvalue weighted by Crippen LogP contribution is 2.12. The zero-order valence-corrected chi connectivity index (χ0v) is 11.9. The zero-order valence-electron chi connectivity index (χ0n) is 11.9. The first-order chi connectivity index (χ1) is 8.82. The van der Waals surface area contributed by atoms with Crippen LogP contribution in [-0.2, 0) is 4.79 Å². The van der Waals surface area contributed by atoms with Crippen LogP contribution in [0.4, 0.5) is 0 Å². The van der Waals surface area contributed by atoms with E-state index in [9.17, 15) is 9.59 Å². The molecule has 0 spiro atoms. The maximum atomic E-state index is 12.4. The Balaban J connectivity index is 2.90. The van der Waals surface area contributed by atoms with Crippen LogP contribution in [0.1, 0.15) is 36.7 Å². The predicted octanol–water partition coefficient (Wildman–Crippen LogP) is 2.57. The molecule has 0 fully saturated rings. The van der Waals surface area contributed by atoms with Crippen molar-refractivity contribution in [2.75, 3.05) is 6.54 Å². The molecule has 1 aromatic carbocycles. The normalized spacial score (nSPS) is 12.3. The van der Waals surface area contributed by atoms with Crippen molar-refractivity contribution in [1.29, 1.82) is 0 Å². The fraction of sp³-hybridized carbons (Fsp3) is 0.467. The highest BCUT2D eigenvalue weighted by Gasteiger charge is 2.23. The molecule has 0 saturated carbocycles. The monoisotopic (exact) mass is 263 g/mol. The second-order valence-electron chi connectivity index (χ2n) is 5.16. The Morgan fingerprint density at radius 1 is 1.16 bits per heavy atom. The van der Waals surface area contributed by atoms with Gasteiger partial charge in [0.15, 0.2) is 0 Å². The molecule has 0 aliphatic rings. The second-order valence-corrected chi connectivity index (χ2v) is 5.16. The average Bonchev–Trinajstić information content (AvgIpc) is 2.35. The Morgan fingerprint density at radius 2 is 1.68 bits per heavy atom. The van der Waals surface area contributed by atoms with Gasteiger partial charge in [-0.3, -0.25) is 9.59 Å². The first kappa shape index (κ1) is 15.2. The maximum absolute atomic E-state index is 12.4. The molecule has 0 radical (unpaired) electrons. The van der Waals surface area contributed by atoms with Crippen molar-refractivity contribution in [3.05, 3.63) is 35.4 Å². The number of hydrogen-bond acceptors (Lipinski definition) is 2. The molecule has 0 aromatic heterocycles. The molecule has 1 N–H and O–H groups in total. The van der Waals surface area contributed by atoms with Gasteiger partial charge in [-0.15, -0.1) is 0 Å². The number of nitrogens with zero attached hydrogens (tertiary/aromatic N) is 1. The molecule has 1 atom stereocenters. The van der Waals surface area contributed by atoms with Gasteiger partial charge in [-0.2, -0.15) is 0 Å². The summed E-state index contributed by atoms with van der Waals surface area (Å²) in [4.78, 5) is 24.9. The molecular weight excluding hydrogens is 242 g/mol. The topological polar surface area (TPSA) is 57.6 Å². The van der Waals surface area contributed by atoms with Gasteiger partial charge in [0.1, 0.15) is 0 Å². The molecule has 1 aromatic rings. The van der Waals surface area contributed by atoms with Gasteiger partial charge >= 0.3 is 5.97 Å². The van der Waals surface area contributed by atoms with Crippen molar-refractivity contribution in [2.45, 2.75) is 33.7 Å². The number of benzene rings is 1. The number of aryl methyl sites for hydroxylation is 1. The molecule has 104 valence electrons. The summed E-state index contributed by atoms with van der Waals surface area (Å²) in [5, 5.41) is 8.96. The van der Waals surface area contributed by atoms with Crippen molar-refractivity contribution in [1.82, 2.24) is 4.90 Å². The Labute approximate surface area is 114 Å². The fourth-order valence-corrected chi connectivity index (χ4v) is 1.76. The van der Waals surface area contributed by atoms with Crippen molar-refractivity contribution in [2.24, 2.45) is 5.92 Å². The minimum atomic E-state index is -0.887. The van der Waals surface area contributed by atoms with E-state index >= 15 is 0 Å². The van der Waals surface area contributed by atoms with Gasteiger partial charge in [-0.25, -0.2) is 0 Å². The van der Waals surface area contributed by atoms with Gasteiger partial charge in [-0.1, -0.05) is 24.6 Å². The molecule has 1 rings (SSSR count). The number of carboxylic acid groups (broad SMARTS) is 1. The van der Waals surface area contributed by atoms with Gasteiger partial charge in [0.05, 0.1) is 5.92 Å².